The van der Waals surface area contributed by atoms with Crippen LogP contribution in [-0.4, -0.2) is 29.0 Å². The number of aryl methyl sites for hydroxylation is 1. The molecule has 0 saturated heterocycles. The molecule has 0 radical (unpaired) electrons. The summed E-state index contributed by atoms with van der Waals surface area (Å²) in [4.78, 5) is 0. The summed E-state index contributed by atoms with van der Waals surface area (Å²) in [6.07, 6.45) is 1.03. The van der Waals surface area contributed by atoms with Gasteiger partial charge in [-0.3, -0.25) is 0 Å². The minimum atomic E-state index is -0.665. The first-order chi connectivity index (χ1) is 8.13. The summed E-state index contributed by atoms with van der Waals surface area (Å²) < 4.78 is 5.48. The standard InChI is InChI=1S/C14H22O3/c1-3-10-17-13-7-4-12(5-8-13)6-9-14(16)11(2)15/h4-5,7-8,11,14-16H,3,6,9-10H2,1-2H3. The first-order valence-electron chi connectivity index (χ1n) is 6.21. The normalized spacial score (nSPS) is 14.4. The van der Waals surface area contributed by atoms with E-state index in [1.54, 1.807) is 6.92 Å². The number of benzene rings is 1. The summed E-state index contributed by atoms with van der Waals surface area (Å²) in [6, 6.07) is 7.89. The van der Waals surface area contributed by atoms with Gasteiger partial charge >= 0.3 is 0 Å². The lowest BCUT2D eigenvalue weighted by Gasteiger charge is -2.13. The van der Waals surface area contributed by atoms with Gasteiger partial charge in [0.05, 0.1) is 18.8 Å². The topological polar surface area (TPSA) is 49.7 Å². The molecule has 0 aromatic heterocycles. The molecule has 96 valence electrons. The second kappa shape index (κ2) is 7.30. The third kappa shape index (κ3) is 5.20. The van der Waals surface area contributed by atoms with E-state index in [-0.39, 0.29) is 0 Å². The van der Waals surface area contributed by atoms with Crippen LogP contribution in [0.15, 0.2) is 24.3 Å². The van der Waals surface area contributed by atoms with Crippen LogP contribution >= 0.6 is 0 Å². The molecule has 0 fully saturated rings. The predicted molar refractivity (Wildman–Crippen MR) is 68.2 cm³/mol. The van der Waals surface area contributed by atoms with Gasteiger partial charge in [-0.1, -0.05) is 19.1 Å². The van der Waals surface area contributed by atoms with E-state index in [1.807, 2.05) is 24.3 Å². The highest BCUT2D eigenvalue weighted by atomic mass is 16.5. The molecular formula is C14H22O3. The van der Waals surface area contributed by atoms with E-state index >= 15 is 0 Å². The molecule has 0 aliphatic carbocycles. The van der Waals surface area contributed by atoms with E-state index in [0.717, 1.165) is 30.8 Å². The molecule has 2 atom stereocenters. The van der Waals surface area contributed by atoms with Gasteiger partial charge in [-0.15, -0.1) is 0 Å². The van der Waals surface area contributed by atoms with Gasteiger partial charge in [-0.2, -0.15) is 0 Å². The van der Waals surface area contributed by atoms with Crippen molar-refractivity contribution in [2.24, 2.45) is 0 Å². The highest BCUT2D eigenvalue weighted by molar-refractivity contribution is 5.27. The van der Waals surface area contributed by atoms with Gasteiger partial charge in [0.1, 0.15) is 5.75 Å². The quantitative estimate of drug-likeness (QED) is 0.765. The molecular weight excluding hydrogens is 216 g/mol. The molecule has 2 N–H and O–H groups in total. The Balaban J connectivity index is 2.40. The van der Waals surface area contributed by atoms with Crippen molar-refractivity contribution in [2.45, 2.75) is 45.3 Å². The van der Waals surface area contributed by atoms with Gasteiger partial charge in [0.15, 0.2) is 0 Å². The van der Waals surface area contributed by atoms with Crippen LogP contribution in [0.25, 0.3) is 0 Å². The fraction of sp³-hybridized carbons (Fsp3) is 0.571. The van der Waals surface area contributed by atoms with E-state index in [4.69, 9.17) is 4.74 Å². The second-order valence-corrected chi connectivity index (χ2v) is 4.34. The number of aliphatic hydroxyl groups excluding tert-OH is 2. The monoisotopic (exact) mass is 238 g/mol. The van der Waals surface area contributed by atoms with Crippen molar-refractivity contribution in [1.82, 2.24) is 0 Å². The second-order valence-electron chi connectivity index (χ2n) is 4.34. The Morgan fingerprint density at radius 2 is 1.82 bits per heavy atom. The summed E-state index contributed by atoms with van der Waals surface area (Å²) in [7, 11) is 0. The summed E-state index contributed by atoms with van der Waals surface area (Å²) in [6.45, 7) is 4.41. The van der Waals surface area contributed by atoms with E-state index in [0.29, 0.717) is 6.42 Å². The average molecular weight is 238 g/mol. The zero-order chi connectivity index (χ0) is 12.7. The first kappa shape index (κ1) is 14.0. The van der Waals surface area contributed by atoms with Gasteiger partial charge < -0.3 is 14.9 Å². The van der Waals surface area contributed by atoms with Crippen LogP contribution < -0.4 is 4.74 Å². The SMILES string of the molecule is CCCOc1ccc(CCC(O)C(C)O)cc1. The predicted octanol–water partition coefficient (Wildman–Crippen LogP) is 2.15. The third-order valence-electron chi connectivity index (χ3n) is 2.68. The molecule has 1 aromatic rings. The maximum atomic E-state index is 9.48. The number of hydrogen-bond acceptors (Lipinski definition) is 3. The number of aliphatic hydroxyl groups is 2. The van der Waals surface area contributed by atoms with Crippen molar-refractivity contribution in [3.8, 4) is 5.75 Å². The fourth-order valence-corrected chi connectivity index (χ4v) is 1.53. The lowest BCUT2D eigenvalue weighted by atomic mass is 10.0. The van der Waals surface area contributed by atoms with Gasteiger partial charge in [0.25, 0.3) is 0 Å². The zero-order valence-electron chi connectivity index (χ0n) is 10.6. The lowest BCUT2D eigenvalue weighted by molar-refractivity contribution is 0.0265. The number of ether oxygens (including phenoxy) is 1. The Labute approximate surface area is 103 Å². The highest BCUT2D eigenvalue weighted by Gasteiger charge is 2.10. The average Bonchev–Trinajstić information content (AvgIpc) is 2.34. The van der Waals surface area contributed by atoms with Gasteiger partial charge in [0.2, 0.25) is 0 Å². The van der Waals surface area contributed by atoms with Crippen LogP contribution in [0.2, 0.25) is 0 Å². The van der Waals surface area contributed by atoms with Crippen molar-refractivity contribution in [2.75, 3.05) is 6.61 Å². The molecule has 1 aromatic carbocycles. The summed E-state index contributed by atoms with van der Waals surface area (Å²) in [5, 5.41) is 18.7. The third-order valence-corrected chi connectivity index (χ3v) is 2.68. The highest BCUT2D eigenvalue weighted by Crippen LogP contribution is 2.14. The molecule has 2 unspecified atom stereocenters. The minimum absolute atomic E-state index is 0.576. The molecule has 0 amide bonds. The molecule has 0 saturated carbocycles. The molecule has 0 aliphatic heterocycles. The molecule has 1 rings (SSSR count). The van der Waals surface area contributed by atoms with E-state index in [2.05, 4.69) is 6.92 Å². The van der Waals surface area contributed by atoms with E-state index < -0.39 is 12.2 Å². The molecule has 3 heteroatoms. The maximum absolute atomic E-state index is 9.48. The molecule has 0 bridgehead atoms. The Hall–Kier alpha value is -1.06. The van der Waals surface area contributed by atoms with E-state index in [1.165, 1.54) is 0 Å². The smallest absolute Gasteiger partial charge is 0.119 e. The first-order valence-corrected chi connectivity index (χ1v) is 6.21. The van der Waals surface area contributed by atoms with Crippen LogP contribution in [0.5, 0.6) is 5.75 Å². The van der Waals surface area contributed by atoms with Gasteiger partial charge in [-0.05, 0) is 43.9 Å². The van der Waals surface area contributed by atoms with Crippen molar-refractivity contribution in [1.29, 1.82) is 0 Å². The number of rotatable bonds is 7. The van der Waals surface area contributed by atoms with Crippen molar-refractivity contribution < 1.29 is 14.9 Å². The van der Waals surface area contributed by atoms with Crippen molar-refractivity contribution in [3.63, 3.8) is 0 Å². The van der Waals surface area contributed by atoms with Crippen LogP contribution in [-0.2, 0) is 6.42 Å². The van der Waals surface area contributed by atoms with Crippen molar-refractivity contribution in [3.05, 3.63) is 29.8 Å². The van der Waals surface area contributed by atoms with Crippen LogP contribution in [0, 0.1) is 0 Å². The molecule has 0 spiro atoms. The summed E-state index contributed by atoms with van der Waals surface area (Å²) in [5.41, 5.74) is 1.15. The fourth-order valence-electron chi connectivity index (χ4n) is 1.53. The van der Waals surface area contributed by atoms with Crippen LogP contribution in [0.3, 0.4) is 0 Å². The zero-order valence-corrected chi connectivity index (χ0v) is 10.6. The molecule has 0 heterocycles. The Kier molecular flexibility index (Phi) is 6.01. The molecule has 17 heavy (non-hydrogen) atoms. The van der Waals surface area contributed by atoms with Crippen molar-refractivity contribution >= 4 is 0 Å². The van der Waals surface area contributed by atoms with E-state index in [9.17, 15) is 10.2 Å². The maximum Gasteiger partial charge on any atom is 0.119 e. The largest absolute Gasteiger partial charge is 0.494 e. The Bertz CT molecular complexity index is 306. The van der Waals surface area contributed by atoms with Gasteiger partial charge in [0, 0.05) is 0 Å². The molecule has 0 aliphatic rings. The minimum Gasteiger partial charge on any atom is -0.494 e. The lowest BCUT2D eigenvalue weighted by Crippen LogP contribution is -2.22. The summed E-state index contributed by atoms with van der Waals surface area (Å²) in [5.74, 6) is 0.881. The van der Waals surface area contributed by atoms with Crippen LogP contribution in [0.4, 0.5) is 0 Å². The number of hydrogen-bond donors (Lipinski definition) is 2. The summed E-state index contributed by atoms with van der Waals surface area (Å²) >= 11 is 0. The van der Waals surface area contributed by atoms with Gasteiger partial charge in [-0.25, -0.2) is 0 Å². The van der Waals surface area contributed by atoms with Crippen LogP contribution in [0.1, 0.15) is 32.3 Å². The molecule has 3 nitrogen and oxygen atoms in total. The Morgan fingerprint density at radius 1 is 1.18 bits per heavy atom. The Morgan fingerprint density at radius 3 is 2.35 bits per heavy atom.